The minimum absolute atomic E-state index is 0.231. The summed E-state index contributed by atoms with van der Waals surface area (Å²) in [6, 6.07) is 0. The first-order valence-corrected chi connectivity index (χ1v) is 8.20. The van der Waals surface area contributed by atoms with Gasteiger partial charge in [0.25, 0.3) is 0 Å². The Bertz CT molecular complexity index is 263. The second kappa shape index (κ2) is 9.85. The van der Waals surface area contributed by atoms with E-state index in [1.165, 1.54) is 6.42 Å². The number of sulfone groups is 1. The molecule has 0 unspecified atom stereocenters. The number of ether oxygens (including phenoxy) is 1. The van der Waals surface area contributed by atoms with Crippen molar-refractivity contribution in [3.05, 3.63) is 0 Å². The highest BCUT2D eigenvalue weighted by Gasteiger charge is 2.09. The summed E-state index contributed by atoms with van der Waals surface area (Å²) in [5.41, 5.74) is 0. The SMILES string of the molecule is COCCCS(=O)(=O)CCNCCCC(C)C. The minimum atomic E-state index is -2.90. The van der Waals surface area contributed by atoms with Crippen molar-refractivity contribution in [3.8, 4) is 0 Å². The minimum Gasteiger partial charge on any atom is -0.385 e. The van der Waals surface area contributed by atoms with Crippen LogP contribution < -0.4 is 5.32 Å². The van der Waals surface area contributed by atoms with Gasteiger partial charge in [-0.05, 0) is 31.7 Å². The lowest BCUT2D eigenvalue weighted by atomic mass is 10.1. The lowest BCUT2D eigenvalue weighted by Gasteiger charge is -2.07. The Kier molecular flexibility index (Phi) is 9.78. The van der Waals surface area contributed by atoms with Crippen LogP contribution in [-0.4, -0.2) is 46.7 Å². The first kappa shape index (κ1) is 16.9. The molecule has 1 N–H and O–H groups in total. The van der Waals surface area contributed by atoms with Crippen LogP contribution in [0, 0.1) is 5.92 Å². The maximum absolute atomic E-state index is 11.6. The average molecular weight is 265 g/mol. The molecule has 0 spiro atoms. The summed E-state index contributed by atoms with van der Waals surface area (Å²) in [5.74, 6) is 1.18. The zero-order chi connectivity index (χ0) is 13.1. The summed E-state index contributed by atoms with van der Waals surface area (Å²) in [7, 11) is -1.31. The third-order valence-corrected chi connectivity index (χ3v) is 4.27. The number of hydrogen-bond acceptors (Lipinski definition) is 4. The molecule has 0 aliphatic heterocycles. The van der Waals surface area contributed by atoms with E-state index in [0.29, 0.717) is 19.6 Å². The molecule has 0 aliphatic carbocycles. The van der Waals surface area contributed by atoms with E-state index in [1.54, 1.807) is 7.11 Å². The molecular formula is C12H27NO3S. The fraction of sp³-hybridized carbons (Fsp3) is 1.00. The van der Waals surface area contributed by atoms with E-state index >= 15 is 0 Å². The Morgan fingerprint density at radius 3 is 2.41 bits per heavy atom. The predicted octanol–water partition coefficient (Wildman–Crippen LogP) is 1.46. The lowest BCUT2D eigenvalue weighted by Crippen LogP contribution is -2.25. The zero-order valence-corrected chi connectivity index (χ0v) is 12.2. The predicted molar refractivity (Wildman–Crippen MR) is 72.1 cm³/mol. The van der Waals surface area contributed by atoms with Gasteiger partial charge in [0.05, 0.1) is 11.5 Å². The van der Waals surface area contributed by atoms with Crippen LogP contribution in [-0.2, 0) is 14.6 Å². The van der Waals surface area contributed by atoms with Crippen molar-refractivity contribution in [2.45, 2.75) is 33.1 Å². The van der Waals surface area contributed by atoms with Gasteiger partial charge in [-0.1, -0.05) is 13.8 Å². The Labute approximate surface area is 106 Å². The Balaban J connectivity index is 3.46. The summed E-state index contributed by atoms with van der Waals surface area (Å²) in [5, 5.41) is 3.18. The number of nitrogens with one attached hydrogen (secondary N) is 1. The fourth-order valence-electron chi connectivity index (χ4n) is 1.51. The molecule has 0 amide bonds. The lowest BCUT2D eigenvalue weighted by molar-refractivity contribution is 0.199. The van der Waals surface area contributed by atoms with Crippen LogP contribution in [0.3, 0.4) is 0 Å². The van der Waals surface area contributed by atoms with Gasteiger partial charge < -0.3 is 10.1 Å². The molecule has 0 aromatic rings. The van der Waals surface area contributed by atoms with Crippen molar-refractivity contribution in [1.82, 2.24) is 5.32 Å². The molecule has 0 heterocycles. The molecule has 0 rings (SSSR count). The van der Waals surface area contributed by atoms with Crippen molar-refractivity contribution >= 4 is 9.84 Å². The van der Waals surface area contributed by atoms with Gasteiger partial charge in [0.1, 0.15) is 0 Å². The number of hydrogen-bond donors (Lipinski definition) is 1. The van der Waals surface area contributed by atoms with Gasteiger partial charge >= 0.3 is 0 Å². The van der Waals surface area contributed by atoms with Crippen molar-refractivity contribution in [2.75, 3.05) is 38.3 Å². The van der Waals surface area contributed by atoms with Gasteiger partial charge in [0.15, 0.2) is 9.84 Å². The van der Waals surface area contributed by atoms with Crippen LogP contribution in [0.5, 0.6) is 0 Å². The molecule has 0 aromatic carbocycles. The number of rotatable bonds is 11. The summed E-state index contributed by atoms with van der Waals surface area (Å²) < 4.78 is 27.9. The van der Waals surface area contributed by atoms with Crippen LogP contribution >= 0.6 is 0 Å². The van der Waals surface area contributed by atoms with Crippen molar-refractivity contribution in [3.63, 3.8) is 0 Å². The van der Waals surface area contributed by atoms with E-state index in [9.17, 15) is 8.42 Å². The molecular weight excluding hydrogens is 238 g/mol. The van der Waals surface area contributed by atoms with Gasteiger partial charge in [0, 0.05) is 20.3 Å². The van der Waals surface area contributed by atoms with Crippen molar-refractivity contribution in [2.24, 2.45) is 5.92 Å². The van der Waals surface area contributed by atoms with E-state index in [-0.39, 0.29) is 11.5 Å². The highest BCUT2D eigenvalue weighted by atomic mass is 32.2. The molecule has 17 heavy (non-hydrogen) atoms. The standard InChI is InChI=1S/C12H27NO3S/c1-12(2)6-4-7-13-8-11-17(14,15)10-5-9-16-3/h12-13H,4-11H2,1-3H3. The maximum Gasteiger partial charge on any atom is 0.151 e. The Morgan fingerprint density at radius 2 is 1.82 bits per heavy atom. The second-order valence-electron chi connectivity index (χ2n) is 4.78. The van der Waals surface area contributed by atoms with Gasteiger partial charge in [-0.3, -0.25) is 0 Å². The van der Waals surface area contributed by atoms with Crippen LogP contribution in [0.2, 0.25) is 0 Å². The van der Waals surface area contributed by atoms with Gasteiger partial charge in [-0.15, -0.1) is 0 Å². The Morgan fingerprint density at radius 1 is 1.12 bits per heavy atom. The van der Waals surface area contributed by atoms with E-state index in [4.69, 9.17) is 4.74 Å². The van der Waals surface area contributed by atoms with Crippen molar-refractivity contribution < 1.29 is 13.2 Å². The normalized spacial score (nSPS) is 12.2. The van der Waals surface area contributed by atoms with Crippen LogP contribution in [0.1, 0.15) is 33.1 Å². The maximum atomic E-state index is 11.6. The first-order valence-electron chi connectivity index (χ1n) is 6.38. The summed E-state index contributed by atoms with van der Waals surface area (Å²) >= 11 is 0. The van der Waals surface area contributed by atoms with Crippen LogP contribution in [0.4, 0.5) is 0 Å². The zero-order valence-electron chi connectivity index (χ0n) is 11.4. The van der Waals surface area contributed by atoms with E-state index in [1.807, 2.05) is 0 Å². The smallest absolute Gasteiger partial charge is 0.151 e. The molecule has 0 aromatic heterocycles. The number of methoxy groups -OCH3 is 1. The molecule has 0 aliphatic rings. The monoisotopic (exact) mass is 265 g/mol. The van der Waals surface area contributed by atoms with Gasteiger partial charge in [0.2, 0.25) is 0 Å². The summed E-state index contributed by atoms with van der Waals surface area (Å²) in [6.07, 6.45) is 2.89. The topological polar surface area (TPSA) is 55.4 Å². The molecule has 0 saturated carbocycles. The fourth-order valence-corrected chi connectivity index (χ4v) is 2.73. The first-order chi connectivity index (χ1) is 7.98. The molecule has 0 saturated heterocycles. The highest BCUT2D eigenvalue weighted by Crippen LogP contribution is 2.01. The van der Waals surface area contributed by atoms with Gasteiger partial charge in [-0.25, -0.2) is 8.42 Å². The third kappa shape index (κ3) is 12.1. The average Bonchev–Trinajstić information content (AvgIpc) is 2.23. The van der Waals surface area contributed by atoms with Crippen LogP contribution in [0.15, 0.2) is 0 Å². The van der Waals surface area contributed by atoms with E-state index in [0.717, 1.165) is 18.9 Å². The molecule has 0 radical (unpaired) electrons. The molecule has 5 heteroatoms. The quantitative estimate of drug-likeness (QED) is 0.575. The third-order valence-electron chi connectivity index (χ3n) is 2.53. The van der Waals surface area contributed by atoms with Crippen LogP contribution in [0.25, 0.3) is 0 Å². The summed E-state index contributed by atoms with van der Waals surface area (Å²) in [6.45, 7) is 6.38. The Hall–Kier alpha value is -0.130. The van der Waals surface area contributed by atoms with E-state index in [2.05, 4.69) is 19.2 Å². The van der Waals surface area contributed by atoms with E-state index < -0.39 is 9.84 Å². The highest BCUT2D eigenvalue weighted by molar-refractivity contribution is 7.91. The molecule has 4 nitrogen and oxygen atoms in total. The molecule has 0 bridgehead atoms. The van der Waals surface area contributed by atoms with Gasteiger partial charge in [-0.2, -0.15) is 0 Å². The second-order valence-corrected chi connectivity index (χ2v) is 7.09. The molecule has 0 atom stereocenters. The summed E-state index contributed by atoms with van der Waals surface area (Å²) in [4.78, 5) is 0. The molecule has 0 fully saturated rings. The molecule has 104 valence electrons. The largest absolute Gasteiger partial charge is 0.385 e. The van der Waals surface area contributed by atoms with Crippen molar-refractivity contribution in [1.29, 1.82) is 0 Å².